The van der Waals surface area contributed by atoms with Crippen LogP contribution in [0.5, 0.6) is 5.75 Å². The highest BCUT2D eigenvalue weighted by Gasteiger charge is 2.11. The van der Waals surface area contributed by atoms with Crippen molar-refractivity contribution < 1.29 is 23.8 Å². The van der Waals surface area contributed by atoms with Gasteiger partial charge in [0.05, 0.1) is 11.1 Å². The maximum atomic E-state index is 13.0. The van der Waals surface area contributed by atoms with Crippen LogP contribution in [0.15, 0.2) is 30.4 Å². The highest BCUT2D eigenvalue weighted by molar-refractivity contribution is 5.96. The predicted molar refractivity (Wildman–Crippen MR) is 58.7 cm³/mol. The summed E-state index contributed by atoms with van der Waals surface area (Å²) in [5.41, 5.74) is 0.0216. The molecule has 5 heteroatoms. The Bertz CT molecular complexity index is 479. The van der Waals surface area contributed by atoms with E-state index in [1.165, 1.54) is 13.0 Å². The minimum atomic E-state index is -1.20. The van der Waals surface area contributed by atoms with Gasteiger partial charge in [-0.15, -0.1) is 0 Å². The first kappa shape index (κ1) is 12.9. The Balaban J connectivity index is 2.89. The van der Waals surface area contributed by atoms with E-state index >= 15 is 0 Å². The first-order valence-corrected chi connectivity index (χ1v) is 4.76. The molecule has 0 atom stereocenters. The van der Waals surface area contributed by atoms with Gasteiger partial charge in [-0.05, 0) is 19.1 Å². The summed E-state index contributed by atoms with van der Waals surface area (Å²) < 4.78 is 18.0. The van der Waals surface area contributed by atoms with Gasteiger partial charge in [-0.3, -0.25) is 4.79 Å². The van der Waals surface area contributed by atoms with E-state index in [1.54, 1.807) is 0 Å². The van der Waals surface area contributed by atoms with Gasteiger partial charge < -0.3 is 9.84 Å². The summed E-state index contributed by atoms with van der Waals surface area (Å²) in [4.78, 5) is 21.7. The molecular formula is C12H11FO4. The molecule has 0 bridgehead atoms. The predicted octanol–water partition coefficient (Wildman–Crippen LogP) is 2.05. The van der Waals surface area contributed by atoms with Crippen molar-refractivity contribution >= 4 is 11.8 Å². The largest absolute Gasteiger partial charge is 0.488 e. The lowest BCUT2D eigenvalue weighted by molar-refractivity contribution is -0.133. The summed E-state index contributed by atoms with van der Waals surface area (Å²) in [7, 11) is 0. The van der Waals surface area contributed by atoms with Crippen LogP contribution >= 0.6 is 0 Å². The van der Waals surface area contributed by atoms with E-state index in [0.717, 1.165) is 12.1 Å². The van der Waals surface area contributed by atoms with Crippen molar-refractivity contribution in [2.45, 2.75) is 6.92 Å². The van der Waals surface area contributed by atoms with Crippen molar-refractivity contribution in [3.63, 3.8) is 0 Å². The molecule has 0 aliphatic rings. The third-order valence-corrected chi connectivity index (χ3v) is 2.03. The number of hydrogen-bond donors (Lipinski definition) is 1. The fourth-order valence-electron chi connectivity index (χ4n) is 1.13. The topological polar surface area (TPSA) is 63.6 Å². The van der Waals surface area contributed by atoms with E-state index in [-0.39, 0.29) is 29.3 Å². The fraction of sp³-hybridized carbons (Fsp3) is 0.167. The second-order valence-electron chi connectivity index (χ2n) is 3.39. The Labute approximate surface area is 97.3 Å². The Morgan fingerprint density at radius 1 is 1.47 bits per heavy atom. The average molecular weight is 238 g/mol. The molecule has 0 fully saturated rings. The molecular weight excluding hydrogens is 227 g/mol. The van der Waals surface area contributed by atoms with Gasteiger partial charge in [0, 0.05) is 6.07 Å². The third-order valence-electron chi connectivity index (χ3n) is 2.03. The summed E-state index contributed by atoms with van der Waals surface area (Å²) in [6.45, 7) is 4.27. The second kappa shape index (κ2) is 5.25. The molecule has 0 heterocycles. The van der Waals surface area contributed by atoms with Crippen molar-refractivity contribution in [1.82, 2.24) is 0 Å². The maximum Gasteiger partial charge on any atom is 0.334 e. The van der Waals surface area contributed by atoms with Crippen LogP contribution in [0, 0.1) is 5.82 Å². The van der Waals surface area contributed by atoms with E-state index in [0.29, 0.717) is 0 Å². The van der Waals surface area contributed by atoms with Gasteiger partial charge in [0.1, 0.15) is 18.2 Å². The summed E-state index contributed by atoms with van der Waals surface area (Å²) in [5, 5.41) is 8.57. The number of Topliss-reactive ketones (excluding diaryl/α,β-unsaturated/α-hetero) is 1. The van der Waals surface area contributed by atoms with Crippen LogP contribution in [0.2, 0.25) is 0 Å². The first-order chi connectivity index (χ1) is 7.91. The number of ketones is 1. The quantitative estimate of drug-likeness (QED) is 0.629. The van der Waals surface area contributed by atoms with Crippen molar-refractivity contribution in [2.24, 2.45) is 0 Å². The van der Waals surface area contributed by atoms with Gasteiger partial charge in [-0.1, -0.05) is 6.58 Å². The Hall–Kier alpha value is -2.17. The summed E-state index contributed by atoms with van der Waals surface area (Å²) in [6.07, 6.45) is 0. The number of ether oxygens (including phenoxy) is 1. The van der Waals surface area contributed by atoms with Crippen LogP contribution in [0.1, 0.15) is 17.3 Å². The standard InChI is InChI=1S/C12H11FO4/c1-7(12(15)16)6-17-11-5-9(13)3-4-10(11)8(2)14/h3-5H,1,6H2,2H3,(H,15,16). The molecule has 0 saturated heterocycles. The molecule has 90 valence electrons. The smallest absolute Gasteiger partial charge is 0.334 e. The third kappa shape index (κ3) is 3.41. The number of carboxylic acid groups (broad SMARTS) is 1. The Kier molecular flexibility index (Phi) is 3.98. The van der Waals surface area contributed by atoms with Gasteiger partial charge in [-0.2, -0.15) is 0 Å². The zero-order chi connectivity index (χ0) is 13.0. The number of halogens is 1. The molecule has 4 nitrogen and oxygen atoms in total. The van der Waals surface area contributed by atoms with Gasteiger partial charge >= 0.3 is 5.97 Å². The van der Waals surface area contributed by atoms with Gasteiger partial charge in [0.25, 0.3) is 0 Å². The summed E-state index contributed by atoms with van der Waals surface area (Å²) in [6, 6.07) is 3.46. The molecule has 0 unspecified atom stereocenters. The highest BCUT2D eigenvalue weighted by Crippen LogP contribution is 2.21. The minimum Gasteiger partial charge on any atom is -0.488 e. The Morgan fingerprint density at radius 3 is 2.65 bits per heavy atom. The molecule has 17 heavy (non-hydrogen) atoms. The lowest BCUT2D eigenvalue weighted by Gasteiger charge is -2.09. The average Bonchev–Trinajstić information content (AvgIpc) is 2.25. The van der Waals surface area contributed by atoms with Gasteiger partial charge in [0.15, 0.2) is 5.78 Å². The number of rotatable bonds is 5. The molecule has 0 amide bonds. The number of carbonyl (C=O) groups is 2. The zero-order valence-electron chi connectivity index (χ0n) is 9.20. The number of aliphatic carboxylic acids is 1. The lowest BCUT2D eigenvalue weighted by Crippen LogP contribution is -2.10. The van der Waals surface area contributed by atoms with Crippen molar-refractivity contribution in [3.8, 4) is 5.75 Å². The number of carbonyl (C=O) groups excluding carboxylic acids is 1. The lowest BCUT2D eigenvalue weighted by atomic mass is 10.1. The van der Waals surface area contributed by atoms with Crippen LogP contribution in [0.25, 0.3) is 0 Å². The molecule has 1 rings (SSSR count). The van der Waals surface area contributed by atoms with E-state index in [2.05, 4.69) is 6.58 Å². The van der Waals surface area contributed by atoms with E-state index < -0.39 is 11.8 Å². The van der Waals surface area contributed by atoms with Crippen molar-refractivity contribution in [1.29, 1.82) is 0 Å². The molecule has 1 aromatic rings. The van der Waals surface area contributed by atoms with Crippen LogP contribution in [-0.2, 0) is 4.79 Å². The highest BCUT2D eigenvalue weighted by atomic mass is 19.1. The molecule has 0 aliphatic carbocycles. The van der Waals surface area contributed by atoms with Crippen molar-refractivity contribution in [3.05, 3.63) is 41.7 Å². The van der Waals surface area contributed by atoms with Crippen LogP contribution in [0.3, 0.4) is 0 Å². The van der Waals surface area contributed by atoms with E-state index in [1.807, 2.05) is 0 Å². The van der Waals surface area contributed by atoms with E-state index in [9.17, 15) is 14.0 Å². The van der Waals surface area contributed by atoms with E-state index in [4.69, 9.17) is 9.84 Å². The normalized spacial score (nSPS) is 9.76. The number of hydrogen-bond acceptors (Lipinski definition) is 3. The van der Waals surface area contributed by atoms with Crippen LogP contribution < -0.4 is 4.74 Å². The second-order valence-corrected chi connectivity index (χ2v) is 3.39. The van der Waals surface area contributed by atoms with Gasteiger partial charge in [0.2, 0.25) is 0 Å². The molecule has 0 aromatic heterocycles. The Morgan fingerprint density at radius 2 is 2.12 bits per heavy atom. The van der Waals surface area contributed by atoms with Crippen LogP contribution in [-0.4, -0.2) is 23.5 Å². The summed E-state index contributed by atoms with van der Waals surface area (Å²) >= 11 is 0. The monoisotopic (exact) mass is 238 g/mol. The summed E-state index contributed by atoms with van der Waals surface area (Å²) in [5.74, 6) is -2.04. The van der Waals surface area contributed by atoms with Crippen LogP contribution in [0.4, 0.5) is 4.39 Å². The zero-order valence-corrected chi connectivity index (χ0v) is 9.20. The fourth-order valence-corrected chi connectivity index (χ4v) is 1.13. The SMILES string of the molecule is C=C(COc1cc(F)ccc1C(C)=O)C(=O)O. The molecule has 1 aromatic carbocycles. The van der Waals surface area contributed by atoms with Gasteiger partial charge in [-0.25, -0.2) is 9.18 Å². The first-order valence-electron chi connectivity index (χ1n) is 4.76. The molecule has 0 aliphatic heterocycles. The number of carboxylic acids is 1. The van der Waals surface area contributed by atoms with Crippen molar-refractivity contribution in [2.75, 3.05) is 6.61 Å². The minimum absolute atomic E-state index is 0.0138. The maximum absolute atomic E-state index is 13.0. The molecule has 0 spiro atoms. The molecule has 0 radical (unpaired) electrons. The molecule has 0 saturated carbocycles. The number of benzene rings is 1. The molecule has 1 N–H and O–H groups in total.